The molecule has 2 nitrogen and oxygen atoms in total. The molecule has 0 saturated carbocycles. The smallest absolute Gasteiger partial charge is 0.146 e. The lowest BCUT2D eigenvalue weighted by Gasteiger charge is -2.04. The monoisotopic (exact) mass is 286 g/mol. The summed E-state index contributed by atoms with van der Waals surface area (Å²) in [6.07, 6.45) is 2.04. The van der Waals surface area contributed by atoms with E-state index in [0.29, 0.717) is 0 Å². The summed E-state index contributed by atoms with van der Waals surface area (Å²) in [4.78, 5) is 4.60. The van der Waals surface area contributed by atoms with E-state index in [0.717, 1.165) is 15.9 Å². The van der Waals surface area contributed by atoms with Crippen LogP contribution in [0.5, 0.6) is 0 Å². The highest BCUT2D eigenvalue weighted by Crippen LogP contribution is 2.27. The van der Waals surface area contributed by atoms with Gasteiger partial charge in [0.1, 0.15) is 10.4 Å². The number of hydrogen-bond donors (Lipinski definition) is 0. The van der Waals surface area contributed by atoms with E-state index >= 15 is 0 Å². The van der Waals surface area contributed by atoms with Crippen LogP contribution in [-0.2, 0) is 0 Å². The minimum atomic E-state index is 0.886. The lowest BCUT2D eigenvalue weighted by molar-refractivity contribution is 1.15. The molecule has 0 spiro atoms. The van der Waals surface area contributed by atoms with Crippen LogP contribution < -0.4 is 0 Å². The number of rotatable bonds is 1. The average molecular weight is 287 g/mol. The third-order valence-electron chi connectivity index (χ3n) is 2.89. The predicted octanol–water partition coefficient (Wildman–Crippen LogP) is 4.07. The number of benzene rings is 1. The maximum Gasteiger partial charge on any atom is 0.146 e. The van der Waals surface area contributed by atoms with Gasteiger partial charge in [0, 0.05) is 11.8 Å². The van der Waals surface area contributed by atoms with E-state index in [9.17, 15) is 0 Å². The summed E-state index contributed by atoms with van der Waals surface area (Å²) in [5, 5.41) is 0. The molecule has 17 heavy (non-hydrogen) atoms. The van der Waals surface area contributed by atoms with Crippen LogP contribution in [0, 0.1) is 6.92 Å². The molecule has 3 heteroatoms. The van der Waals surface area contributed by atoms with Crippen molar-refractivity contribution in [3.05, 3.63) is 58.8 Å². The second kappa shape index (κ2) is 4.00. The van der Waals surface area contributed by atoms with Crippen LogP contribution in [0.2, 0.25) is 0 Å². The maximum atomic E-state index is 4.60. The molecule has 0 saturated heterocycles. The Balaban J connectivity index is 2.35. The molecule has 0 atom stereocenters. The number of nitrogens with zero attached hydrogens (tertiary/aromatic N) is 2. The highest BCUT2D eigenvalue weighted by molar-refractivity contribution is 9.10. The Morgan fingerprint density at radius 1 is 1.06 bits per heavy atom. The zero-order valence-electron chi connectivity index (χ0n) is 9.39. The van der Waals surface area contributed by atoms with Crippen LogP contribution in [0.4, 0.5) is 0 Å². The fraction of sp³-hybridized carbons (Fsp3) is 0.0714. The van der Waals surface area contributed by atoms with Gasteiger partial charge < -0.3 is 0 Å². The van der Waals surface area contributed by atoms with Crippen molar-refractivity contribution in [1.29, 1.82) is 0 Å². The summed E-state index contributed by atoms with van der Waals surface area (Å²) in [5.41, 5.74) is 3.49. The van der Waals surface area contributed by atoms with Gasteiger partial charge in [-0.05, 0) is 40.5 Å². The third-order valence-corrected chi connectivity index (χ3v) is 3.47. The highest BCUT2D eigenvalue weighted by atomic mass is 79.9. The van der Waals surface area contributed by atoms with Gasteiger partial charge in [-0.25, -0.2) is 4.98 Å². The SMILES string of the molecule is Cc1ccccc1-c1nc(Br)c2ccccn12. The molecule has 0 aliphatic heterocycles. The number of halogens is 1. The van der Waals surface area contributed by atoms with Crippen molar-refractivity contribution < 1.29 is 0 Å². The number of aromatic nitrogens is 2. The van der Waals surface area contributed by atoms with E-state index < -0.39 is 0 Å². The lowest BCUT2D eigenvalue weighted by Crippen LogP contribution is -1.90. The van der Waals surface area contributed by atoms with Gasteiger partial charge in [0.2, 0.25) is 0 Å². The van der Waals surface area contributed by atoms with E-state index in [1.807, 2.05) is 30.5 Å². The van der Waals surface area contributed by atoms with Crippen LogP contribution in [0.25, 0.3) is 16.9 Å². The Bertz CT molecular complexity index is 686. The molecule has 0 aliphatic rings. The van der Waals surface area contributed by atoms with Crippen molar-refractivity contribution in [2.75, 3.05) is 0 Å². The zero-order valence-corrected chi connectivity index (χ0v) is 11.0. The van der Waals surface area contributed by atoms with Crippen LogP contribution in [0.1, 0.15) is 5.56 Å². The second-order valence-electron chi connectivity index (χ2n) is 4.00. The van der Waals surface area contributed by atoms with E-state index in [1.165, 1.54) is 11.1 Å². The van der Waals surface area contributed by atoms with Crippen molar-refractivity contribution in [2.24, 2.45) is 0 Å². The van der Waals surface area contributed by atoms with Gasteiger partial charge in [0.15, 0.2) is 0 Å². The van der Waals surface area contributed by atoms with Crippen LogP contribution >= 0.6 is 15.9 Å². The van der Waals surface area contributed by atoms with Crippen LogP contribution in [0.15, 0.2) is 53.3 Å². The molecule has 0 bridgehead atoms. The topological polar surface area (TPSA) is 17.3 Å². The molecular formula is C14H11BrN2. The van der Waals surface area contributed by atoms with Crippen LogP contribution in [-0.4, -0.2) is 9.38 Å². The molecule has 0 N–H and O–H groups in total. The first kappa shape index (κ1) is 10.5. The molecule has 2 heterocycles. The van der Waals surface area contributed by atoms with Gasteiger partial charge in [-0.2, -0.15) is 0 Å². The van der Waals surface area contributed by atoms with Crippen LogP contribution in [0.3, 0.4) is 0 Å². The summed E-state index contributed by atoms with van der Waals surface area (Å²) in [6, 6.07) is 14.4. The van der Waals surface area contributed by atoms with E-state index in [4.69, 9.17) is 0 Å². The minimum Gasteiger partial charge on any atom is -0.299 e. The second-order valence-corrected chi connectivity index (χ2v) is 4.75. The fourth-order valence-corrected chi connectivity index (χ4v) is 2.50. The molecular weight excluding hydrogens is 276 g/mol. The molecule has 2 aromatic heterocycles. The molecule has 0 fully saturated rings. The van der Waals surface area contributed by atoms with Crippen molar-refractivity contribution in [2.45, 2.75) is 6.92 Å². The summed E-state index contributed by atoms with van der Waals surface area (Å²) >= 11 is 3.51. The zero-order chi connectivity index (χ0) is 11.8. The van der Waals surface area contributed by atoms with Gasteiger partial charge in [0.05, 0.1) is 5.52 Å². The summed E-state index contributed by atoms with van der Waals surface area (Å²) in [5.74, 6) is 0.977. The number of hydrogen-bond acceptors (Lipinski definition) is 1. The number of imidazole rings is 1. The quantitative estimate of drug-likeness (QED) is 0.659. The van der Waals surface area contributed by atoms with E-state index in [-0.39, 0.29) is 0 Å². The Labute approximate surface area is 108 Å². The van der Waals surface area contributed by atoms with Gasteiger partial charge >= 0.3 is 0 Å². The van der Waals surface area contributed by atoms with Gasteiger partial charge in [-0.3, -0.25) is 4.40 Å². The van der Waals surface area contributed by atoms with Gasteiger partial charge in [-0.15, -0.1) is 0 Å². The summed E-state index contributed by atoms with van der Waals surface area (Å²) in [7, 11) is 0. The average Bonchev–Trinajstić information content (AvgIpc) is 2.68. The van der Waals surface area contributed by atoms with Crippen molar-refractivity contribution in [1.82, 2.24) is 9.38 Å². The van der Waals surface area contributed by atoms with E-state index in [1.54, 1.807) is 0 Å². The molecule has 3 rings (SSSR count). The lowest BCUT2D eigenvalue weighted by atomic mass is 10.1. The molecule has 3 aromatic rings. The Hall–Kier alpha value is -1.61. The molecule has 0 aliphatic carbocycles. The van der Waals surface area contributed by atoms with Gasteiger partial charge in [0.25, 0.3) is 0 Å². The van der Waals surface area contributed by atoms with Gasteiger partial charge in [-0.1, -0.05) is 30.3 Å². The van der Waals surface area contributed by atoms with Crippen molar-refractivity contribution in [3.63, 3.8) is 0 Å². The molecule has 0 amide bonds. The largest absolute Gasteiger partial charge is 0.299 e. The maximum absolute atomic E-state index is 4.60. The first-order valence-electron chi connectivity index (χ1n) is 5.46. The Morgan fingerprint density at radius 2 is 1.82 bits per heavy atom. The van der Waals surface area contributed by atoms with Crippen molar-refractivity contribution in [3.8, 4) is 11.4 Å². The summed E-state index contributed by atoms with van der Waals surface area (Å²) in [6.45, 7) is 2.10. The van der Waals surface area contributed by atoms with Crippen molar-refractivity contribution >= 4 is 21.4 Å². The summed E-state index contributed by atoms with van der Waals surface area (Å²) < 4.78 is 2.99. The predicted molar refractivity (Wildman–Crippen MR) is 73.1 cm³/mol. The highest BCUT2D eigenvalue weighted by Gasteiger charge is 2.11. The standard InChI is InChI=1S/C14H11BrN2/c1-10-6-2-3-7-11(10)14-16-13(15)12-8-4-5-9-17(12)14/h2-9H,1H3. The first-order chi connectivity index (χ1) is 8.27. The normalized spacial score (nSPS) is 10.9. The Kier molecular flexibility index (Phi) is 2.48. The number of fused-ring (bicyclic) bond motifs is 1. The van der Waals surface area contributed by atoms with E-state index in [2.05, 4.69) is 50.4 Å². The molecule has 0 unspecified atom stereocenters. The fourth-order valence-electron chi connectivity index (χ4n) is 2.01. The number of pyridine rings is 1. The molecule has 84 valence electrons. The Morgan fingerprint density at radius 3 is 2.65 bits per heavy atom. The molecule has 0 radical (unpaired) electrons. The minimum absolute atomic E-state index is 0.886. The first-order valence-corrected chi connectivity index (χ1v) is 6.25. The molecule has 1 aromatic carbocycles. The third kappa shape index (κ3) is 1.67. The number of aryl methyl sites for hydroxylation is 1.